The van der Waals surface area contributed by atoms with E-state index in [1.807, 2.05) is 0 Å². The summed E-state index contributed by atoms with van der Waals surface area (Å²) in [5.74, 6) is -1.46. The third-order valence-electron chi connectivity index (χ3n) is 6.57. The molecule has 11 heteroatoms. The van der Waals surface area contributed by atoms with Crippen LogP contribution in [-0.4, -0.2) is 49.4 Å². The summed E-state index contributed by atoms with van der Waals surface area (Å²) in [6.07, 6.45) is -6.04. The number of halogens is 3. The second-order valence-electron chi connectivity index (χ2n) is 9.28. The normalized spacial score (nSPS) is 21.6. The second kappa shape index (κ2) is 9.45. The molecule has 2 aliphatic rings. The molecule has 2 atom stereocenters. The van der Waals surface area contributed by atoms with Crippen LogP contribution in [0.3, 0.4) is 0 Å². The quantitative estimate of drug-likeness (QED) is 0.612. The Kier molecular flexibility index (Phi) is 6.66. The Labute approximate surface area is 211 Å². The Bertz CT molecular complexity index is 1290. The highest BCUT2D eigenvalue weighted by Gasteiger charge is 2.54. The molecular formula is C26H26F3N3O5. The molecule has 0 spiro atoms. The van der Waals surface area contributed by atoms with Gasteiger partial charge in [0.2, 0.25) is 11.8 Å². The van der Waals surface area contributed by atoms with Gasteiger partial charge in [-0.05, 0) is 37.3 Å². The van der Waals surface area contributed by atoms with Crippen LogP contribution in [-0.2, 0) is 20.6 Å². The highest BCUT2D eigenvalue weighted by atomic mass is 19.4. The summed E-state index contributed by atoms with van der Waals surface area (Å²) in [4.78, 5) is 42.4. The van der Waals surface area contributed by atoms with Crippen LogP contribution in [0, 0.1) is 5.41 Å². The summed E-state index contributed by atoms with van der Waals surface area (Å²) in [5.41, 5.74) is 2.91. The van der Waals surface area contributed by atoms with Gasteiger partial charge in [-0.3, -0.25) is 19.3 Å². The Hall–Kier alpha value is -4.02. The lowest BCUT2D eigenvalue weighted by Gasteiger charge is -2.43. The number of primary amides is 1. The number of nitrogens with zero attached hydrogens (tertiary/aromatic N) is 2. The number of likely N-dealkylation sites (N-methyl/N-ethyl adjacent to an activating group) is 1. The van der Waals surface area contributed by atoms with Crippen molar-refractivity contribution in [2.24, 2.45) is 11.1 Å². The number of para-hydroxylation sites is 2. The third kappa shape index (κ3) is 4.73. The number of allylic oxidation sites excluding steroid dienone is 1. The monoisotopic (exact) mass is 517 g/mol. The maximum atomic E-state index is 14.0. The zero-order valence-corrected chi connectivity index (χ0v) is 20.5. The summed E-state index contributed by atoms with van der Waals surface area (Å²) in [6, 6.07) is 11.0. The zero-order chi connectivity index (χ0) is 27.1. The van der Waals surface area contributed by atoms with E-state index in [1.165, 1.54) is 32.0 Å². The van der Waals surface area contributed by atoms with E-state index < -0.39 is 41.0 Å². The van der Waals surface area contributed by atoms with Crippen LogP contribution < -0.4 is 20.1 Å². The number of amides is 3. The van der Waals surface area contributed by atoms with Gasteiger partial charge in [-0.1, -0.05) is 18.2 Å². The number of alkyl halides is 3. The number of benzene rings is 2. The molecule has 0 fully saturated rings. The minimum atomic E-state index is -4.67. The fourth-order valence-corrected chi connectivity index (χ4v) is 4.64. The number of ether oxygens (including phenoxy) is 2. The molecule has 37 heavy (non-hydrogen) atoms. The van der Waals surface area contributed by atoms with Gasteiger partial charge in [0.05, 0.1) is 5.56 Å². The Morgan fingerprint density at radius 3 is 2.43 bits per heavy atom. The zero-order valence-electron chi connectivity index (χ0n) is 20.5. The number of rotatable bonds is 5. The van der Waals surface area contributed by atoms with E-state index in [2.05, 4.69) is 0 Å². The van der Waals surface area contributed by atoms with Gasteiger partial charge in [0.15, 0.2) is 11.5 Å². The highest BCUT2D eigenvalue weighted by Crippen LogP contribution is 2.45. The van der Waals surface area contributed by atoms with Crippen LogP contribution in [0.25, 0.3) is 0 Å². The SMILES string of the molecule is CC1=C(C(=O)N(C)C)CC(CC2COc3ccccc3O2)(C(N)=O)C(=O)N1c1cccc(C(F)(F)F)c1. The fourth-order valence-electron chi connectivity index (χ4n) is 4.64. The molecule has 2 N–H and O–H groups in total. The molecule has 0 saturated carbocycles. The molecule has 2 unspecified atom stereocenters. The molecule has 0 radical (unpaired) electrons. The van der Waals surface area contributed by atoms with Crippen molar-refractivity contribution in [3.8, 4) is 11.5 Å². The molecular weight excluding hydrogens is 491 g/mol. The van der Waals surface area contributed by atoms with Gasteiger partial charge < -0.3 is 20.1 Å². The Balaban J connectivity index is 1.82. The van der Waals surface area contributed by atoms with E-state index >= 15 is 0 Å². The van der Waals surface area contributed by atoms with E-state index in [-0.39, 0.29) is 36.4 Å². The molecule has 196 valence electrons. The van der Waals surface area contributed by atoms with Crippen LogP contribution in [0.15, 0.2) is 59.8 Å². The molecule has 3 amide bonds. The lowest BCUT2D eigenvalue weighted by Crippen LogP contribution is -2.57. The molecule has 0 saturated heterocycles. The van der Waals surface area contributed by atoms with Crippen LogP contribution in [0.5, 0.6) is 11.5 Å². The molecule has 0 aliphatic carbocycles. The van der Waals surface area contributed by atoms with E-state index in [0.717, 1.165) is 23.1 Å². The summed E-state index contributed by atoms with van der Waals surface area (Å²) >= 11 is 0. The van der Waals surface area contributed by atoms with Gasteiger partial charge in [-0.2, -0.15) is 13.2 Å². The predicted molar refractivity (Wildman–Crippen MR) is 128 cm³/mol. The molecule has 4 rings (SSSR count). The van der Waals surface area contributed by atoms with Gasteiger partial charge in [0.1, 0.15) is 18.1 Å². The van der Waals surface area contributed by atoms with Gasteiger partial charge >= 0.3 is 6.18 Å². The minimum absolute atomic E-state index is 0.00252. The van der Waals surface area contributed by atoms with Crippen molar-refractivity contribution in [2.45, 2.75) is 32.0 Å². The standard InChI is InChI=1S/C26H26F3N3O5/c1-15-19(22(33)31(2)3)13-25(23(30)34,12-18-14-36-20-9-4-5-10-21(20)37-18)24(35)32(15)17-8-6-7-16(11-17)26(27,28)29/h4-11,18H,12-14H2,1-3H3,(H2,30,34). The summed E-state index contributed by atoms with van der Waals surface area (Å²) in [7, 11) is 2.99. The average Bonchev–Trinajstić information content (AvgIpc) is 2.85. The average molecular weight is 518 g/mol. The van der Waals surface area contributed by atoms with Gasteiger partial charge in [0, 0.05) is 43.9 Å². The van der Waals surface area contributed by atoms with Crippen molar-refractivity contribution in [1.82, 2.24) is 4.90 Å². The summed E-state index contributed by atoms with van der Waals surface area (Å²) in [6.45, 7) is 1.46. The van der Waals surface area contributed by atoms with Crippen LogP contribution in [0.4, 0.5) is 18.9 Å². The maximum absolute atomic E-state index is 14.0. The largest absolute Gasteiger partial charge is 0.486 e. The smallest absolute Gasteiger partial charge is 0.416 e. The number of nitrogens with two attached hydrogens (primary N) is 1. The number of carbonyl (C=O) groups excluding carboxylic acids is 3. The van der Waals surface area contributed by atoms with Crippen molar-refractivity contribution >= 4 is 23.4 Å². The highest BCUT2D eigenvalue weighted by molar-refractivity contribution is 6.16. The summed E-state index contributed by atoms with van der Waals surface area (Å²) < 4.78 is 52.1. The molecule has 2 aromatic carbocycles. The number of anilines is 1. The Morgan fingerprint density at radius 2 is 1.81 bits per heavy atom. The number of carbonyl (C=O) groups is 3. The molecule has 0 aromatic heterocycles. The first-order chi connectivity index (χ1) is 17.3. The van der Waals surface area contributed by atoms with Gasteiger partial charge in [-0.25, -0.2) is 0 Å². The number of hydrogen-bond donors (Lipinski definition) is 1. The Morgan fingerprint density at radius 1 is 1.14 bits per heavy atom. The van der Waals surface area contributed by atoms with E-state index in [1.54, 1.807) is 24.3 Å². The van der Waals surface area contributed by atoms with Crippen molar-refractivity contribution < 1.29 is 37.0 Å². The van der Waals surface area contributed by atoms with Crippen molar-refractivity contribution in [3.05, 3.63) is 65.4 Å². The first-order valence-corrected chi connectivity index (χ1v) is 11.5. The predicted octanol–water partition coefficient (Wildman–Crippen LogP) is 3.51. The van der Waals surface area contributed by atoms with Crippen molar-refractivity contribution in [1.29, 1.82) is 0 Å². The maximum Gasteiger partial charge on any atom is 0.416 e. The van der Waals surface area contributed by atoms with E-state index in [9.17, 15) is 27.6 Å². The minimum Gasteiger partial charge on any atom is -0.486 e. The molecule has 2 aliphatic heterocycles. The van der Waals surface area contributed by atoms with Crippen molar-refractivity contribution in [3.63, 3.8) is 0 Å². The molecule has 2 aromatic rings. The number of fused-ring (bicyclic) bond motifs is 1. The van der Waals surface area contributed by atoms with E-state index in [0.29, 0.717) is 11.5 Å². The van der Waals surface area contributed by atoms with Gasteiger partial charge in [0.25, 0.3) is 5.91 Å². The van der Waals surface area contributed by atoms with Crippen LogP contribution >= 0.6 is 0 Å². The fraction of sp³-hybridized carbons (Fsp3) is 0.346. The van der Waals surface area contributed by atoms with Gasteiger partial charge in [-0.15, -0.1) is 0 Å². The first kappa shape index (κ1) is 26.1. The molecule has 2 heterocycles. The topological polar surface area (TPSA) is 102 Å². The second-order valence-corrected chi connectivity index (χ2v) is 9.28. The lowest BCUT2D eigenvalue weighted by atomic mass is 9.71. The summed E-state index contributed by atoms with van der Waals surface area (Å²) in [5, 5.41) is 0. The number of hydrogen-bond acceptors (Lipinski definition) is 5. The third-order valence-corrected chi connectivity index (χ3v) is 6.57. The van der Waals surface area contributed by atoms with E-state index in [4.69, 9.17) is 15.2 Å². The first-order valence-electron chi connectivity index (χ1n) is 11.5. The molecule has 0 bridgehead atoms. The van der Waals surface area contributed by atoms with Crippen molar-refractivity contribution in [2.75, 3.05) is 25.6 Å². The lowest BCUT2D eigenvalue weighted by molar-refractivity contribution is -0.143. The van der Waals surface area contributed by atoms with Crippen LogP contribution in [0.1, 0.15) is 25.3 Å². The molecule has 8 nitrogen and oxygen atoms in total. The van der Waals surface area contributed by atoms with Crippen LogP contribution in [0.2, 0.25) is 0 Å².